The molecule has 1 radical (unpaired) electrons. The average molecular weight is 149 g/mol. The van der Waals surface area contributed by atoms with E-state index in [9.17, 15) is 8.42 Å². The molecule has 0 aromatic heterocycles. The quantitative estimate of drug-likeness (QED) is 0.546. The SMILES string of the molecule is CNS(=O)(=O)N1C[CH]C1. The Bertz CT molecular complexity index is 183. The van der Waals surface area contributed by atoms with Gasteiger partial charge in [0.1, 0.15) is 0 Å². The van der Waals surface area contributed by atoms with Gasteiger partial charge in [0.15, 0.2) is 0 Å². The molecule has 1 saturated heterocycles. The van der Waals surface area contributed by atoms with E-state index in [0.717, 1.165) is 0 Å². The minimum Gasteiger partial charge on any atom is -0.205 e. The van der Waals surface area contributed by atoms with E-state index in [-0.39, 0.29) is 0 Å². The van der Waals surface area contributed by atoms with Crippen LogP contribution in [0.4, 0.5) is 0 Å². The molecular formula is C4H9N2O2S. The van der Waals surface area contributed by atoms with Gasteiger partial charge in [-0.25, -0.2) is 4.72 Å². The summed E-state index contributed by atoms with van der Waals surface area (Å²) in [5, 5.41) is 0. The van der Waals surface area contributed by atoms with E-state index in [2.05, 4.69) is 4.72 Å². The second-order valence-electron chi connectivity index (χ2n) is 1.81. The van der Waals surface area contributed by atoms with Crippen LogP contribution >= 0.6 is 0 Å². The average Bonchev–Trinajstić information content (AvgIpc) is 1.60. The zero-order valence-electron chi connectivity index (χ0n) is 5.16. The van der Waals surface area contributed by atoms with Crippen molar-refractivity contribution in [3.05, 3.63) is 6.42 Å². The Balaban J connectivity index is 2.59. The maximum Gasteiger partial charge on any atom is 0.279 e. The smallest absolute Gasteiger partial charge is 0.205 e. The van der Waals surface area contributed by atoms with Crippen LogP contribution in [0.15, 0.2) is 0 Å². The zero-order valence-corrected chi connectivity index (χ0v) is 5.98. The molecule has 1 heterocycles. The van der Waals surface area contributed by atoms with E-state index in [1.54, 1.807) is 0 Å². The van der Waals surface area contributed by atoms with Gasteiger partial charge < -0.3 is 0 Å². The summed E-state index contributed by atoms with van der Waals surface area (Å²) in [4.78, 5) is 0. The molecule has 4 nitrogen and oxygen atoms in total. The van der Waals surface area contributed by atoms with E-state index in [1.807, 2.05) is 6.42 Å². The van der Waals surface area contributed by atoms with E-state index >= 15 is 0 Å². The molecule has 5 heteroatoms. The fourth-order valence-corrected chi connectivity index (χ4v) is 1.42. The number of hydrogen-bond acceptors (Lipinski definition) is 2. The molecule has 0 saturated carbocycles. The van der Waals surface area contributed by atoms with Gasteiger partial charge in [-0.05, 0) is 6.42 Å². The molecule has 1 aliphatic rings. The lowest BCUT2D eigenvalue weighted by Crippen LogP contribution is -2.47. The monoisotopic (exact) mass is 149 g/mol. The van der Waals surface area contributed by atoms with Crippen LogP contribution in [0.3, 0.4) is 0 Å². The molecule has 0 amide bonds. The van der Waals surface area contributed by atoms with Crippen molar-refractivity contribution in [3.8, 4) is 0 Å². The Morgan fingerprint density at radius 2 is 2.11 bits per heavy atom. The Kier molecular flexibility index (Phi) is 1.74. The number of nitrogens with one attached hydrogen (secondary N) is 1. The van der Waals surface area contributed by atoms with Gasteiger partial charge in [-0.15, -0.1) is 0 Å². The first-order valence-corrected chi connectivity index (χ1v) is 4.11. The van der Waals surface area contributed by atoms with E-state index in [1.165, 1.54) is 11.4 Å². The summed E-state index contributed by atoms with van der Waals surface area (Å²) in [5.41, 5.74) is 0. The number of rotatable bonds is 2. The Hall–Kier alpha value is -0.130. The first kappa shape index (κ1) is 6.98. The molecule has 0 spiro atoms. The number of nitrogens with zero attached hydrogens (tertiary/aromatic N) is 1. The molecule has 1 fully saturated rings. The highest BCUT2D eigenvalue weighted by Crippen LogP contribution is 2.07. The first-order chi connectivity index (χ1) is 4.17. The van der Waals surface area contributed by atoms with Gasteiger partial charge in [0, 0.05) is 20.1 Å². The standard InChI is InChI=1S/C4H9N2O2S/c1-5-9(7,8)6-3-2-4-6/h2,5H,3-4H2,1H3. The van der Waals surface area contributed by atoms with Crippen LogP contribution in [-0.4, -0.2) is 32.9 Å². The van der Waals surface area contributed by atoms with Crippen LogP contribution in [-0.2, 0) is 10.2 Å². The van der Waals surface area contributed by atoms with Crippen molar-refractivity contribution in [1.29, 1.82) is 0 Å². The van der Waals surface area contributed by atoms with E-state index < -0.39 is 10.2 Å². The van der Waals surface area contributed by atoms with Gasteiger partial charge >= 0.3 is 0 Å². The highest BCUT2D eigenvalue weighted by atomic mass is 32.2. The van der Waals surface area contributed by atoms with Crippen molar-refractivity contribution in [2.24, 2.45) is 0 Å². The maximum absolute atomic E-state index is 10.8. The Labute approximate surface area is 55.0 Å². The lowest BCUT2D eigenvalue weighted by Gasteiger charge is -2.28. The lowest BCUT2D eigenvalue weighted by molar-refractivity contribution is 0.380. The molecule has 1 rings (SSSR count). The van der Waals surface area contributed by atoms with Gasteiger partial charge in [-0.1, -0.05) is 0 Å². The first-order valence-electron chi connectivity index (χ1n) is 2.67. The second-order valence-corrected chi connectivity index (χ2v) is 3.69. The molecule has 0 atom stereocenters. The van der Waals surface area contributed by atoms with Crippen LogP contribution in [0.5, 0.6) is 0 Å². The summed E-state index contributed by atoms with van der Waals surface area (Å²) in [5.74, 6) is 0. The summed E-state index contributed by atoms with van der Waals surface area (Å²) in [6, 6.07) is 0. The molecule has 0 aromatic rings. The summed E-state index contributed by atoms with van der Waals surface area (Å²) < 4.78 is 25.1. The Morgan fingerprint density at radius 3 is 2.22 bits per heavy atom. The van der Waals surface area contributed by atoms with Crippen molar-refractivity contribution in [2.45, 2.75) is 0 Å². The van der Waals surface area contributed by atoms with Gasteiger partial charge in [-0.2, -0.15) is 12.7 Å². The van der Waals surface area contributed by atoms with Crippen LogP contribution in [0, 0.1) is 6.42 Å². The van der Waals surface area contributed by atoms with Crippen LogP contribution in [0.1, 0.15) is 0 Å². The van der Waals surface area contributed by atoms with Gasteiger partial charge in [0.2, 0.25) is 0 Å². The molecule has 0 aromatic carbocycles. The maximum atomic E-state index is 10.8. The van der Waals surface area contributed by atoms with Gasteiger partial charge in [0.25, 0.3) is 10.2 Å². The molecule has 0 bridgehead atoms. The summed E-state index contributed by atoms with van der Waals surface area (Å²) in [6.45, 7) is 1.09. The van der Waals surface area contributed by atoms with Crippen LogP contribution in [0.25, 0.3) is 0 Å². The second kappa shape index (κ2) is 2.24. The lowest BCUT2D eigenvalue weighted by atomic mass is 10.3. The topological polar surface area (TPSA) is 49.4 Å². The Morgan fingerprint density at radius 1 is 1.56 bits per heavy atom. The molecule has 0 aliphatic carbocycles. The van der Waals surface area contributed by atoms with Crippen LogP contribution in [0.2, 0.25) is 0 Å². The normalized spacial score (nSPS) is 21.4. The third-order valence-corrected chi connectivity index (χ3v) is 2.76. The minimum absolute atomic E-state index is 0.545. The van der Waals surface area contributed by atoms with E-state index in [0.29, 0.717) is 13.1 Å². The summed E-state index contributed by atoms with van der Waals surface area (Å²) in [6.07, 6.45) is 1.90. The summed E-state index contributed by atoms with van der Waals surface area (Å²) >= 11 is 0. The zero-order chi connectivity index (χ0) is 6.91. The van der Waals surface area contributed by atoms with Gasteiger partial charge in [-0.3, -0.25) is 0 Å². The third-order valence-electron chi connectivity index (χ3n) is 1.26. The summed E-state index contributed by atoms with van der Waals surface area (Å²) in [7, 11) is -1.70. The van der Waals surface area contributed by atoms with Gasteiger partial charge in [0.05, 0.1) is 0 Å². The molecule has 1 aliphatic heterocycles. The van der Waals surface area contributed by atoms with Crippen molar-refractivity contribution in [2.75, 3.05) is 20.1 Å². The fourth-order valence-electron chi connectivity index (χ4n) is 0.560. The van der Waals surface area contributed by atoms with Crippen molar-refractivity contribution in [3.63, 3.8) is 0 Å². The van der Waals surface area contributed by atoms with E-state index in [4.69, 9.17) is 0 Å². The van der Waals surface area contributed by atoms with Crippen molar-refractivity contribution in [1.82, 2.24) is 9.03 Å². The number of hydrogen-bond donors (Lipinski definition) is 1. The largest absolute Gasteiger partial charge is 0.279 e. The van der Waals surface area contributed by atoms with Crippen LogP contribution < -0.4 is 4.72 Å². The predicted molar refractivity (Wildman–Crippen MR) is 33.9 cm³/mol. The fraction of sp³-hybridized carbons (Fsp3) is 0.750. The highest BCUT2D eigenvalue weighted by Gasteiger charge is 2.25. The minimum atomic E-state index is -3.11. The molecule has 0 unspecified atom stereocenters. The van der Waals surface area contributed by atoms with Crippen molar-refractivity contribution >= 4 is 10.2 Å². The van der Waals surface area contributed by atoms with Crippen molar-refractivity contribution < 1.29 is 8.42 Å². The predicted octanol–water partition coefficient (Wildman–Crippen LogP) is -1.03. The molecule has 1 N–H and O–H groups in total. The molecular weight excluding hydrogens is 140 g/mol. The molecule has 53 valence electrons. The molecule has 9 heavy (non-hydrogen) atoms. The third kappa shape index (κ3) is 1.23. The highest BCUT2D eigenvalue weighted by molar-refractivity contribution is 7.87.